The van der Waals surface area contributed by atoms with Gasteiger partial charge in [0.1, 0.15) is 15.8 Å². The molecule has 134 valence electrons. The minimum Gasteiger partial charge on any atom is -0.497 e. The van der Waals surface area contributed by atoms with E-state index in [2.05, 4.69) is 15.9 Å². The first-order valence-electron chi connectivity index (χ1n) is 7.73. The Morgan fingerprint density at radius 1 is 1.15 bits per heavy atom. The molecular weight excluding hydrogens is 434 g/mol. The fourth-order valence-corrected chi connectivity index (χ4v) is 4.13. The fourth-order valence-electron chi connectivity index (χ4n) is 2.51. The largest absolute Gasteiger partial charge is 0.497 e. The lowest BCUT2D eigenvalue weighted by Crippen LogP contribution is -2.27. The van der Waals surface area contributed by atoms with Crippen LogP contribution in [0.1, 0.15) is 11.1 Å². The lowest BCUT2D eigenvalue weighted by molar-refractivity contribution is -0.122. The number of methoxy groups -OCH3 is 2. The van der Waals surface area contributed by atoms with Gasteiger partial charge in [-0.05, 0) is 42.0 Å². The number of carbonyl (C=O) groups excluding carboxylic acids is 1. The van der Waals surface area contributed by atoms with Crippen LogP contribution in [0.25, 0.3) is 6.08 Å². The zero-order valence-corrected chi connectivity index (χ0v) is 17.4. The highest BCUT2D eigenvalue weighted by molar-refractivity contribution is 9.10. The number of ether oxygens (including phenoxy) is 2. The van der Waals surface area contributed by atoms with E-state index in [1.165, 1.54) is 11.8 Å². The van der Waals surface area contributed by atoms with Crippen LogP contribution in [-0.4, -0.2) is 29.3 Å². The molecule has 3 rings (SSSR count). The second-order valence-electron chi connectivity index (χ2n) is 5.50. The summed E-state index contributed by atoms with van der Waals surface area (Å²) < 4.78 is 12.0. The molecule has 1 heterocycles. The zero-order chi connectivity index (χ0) is 18.7. The Kier molecular flexibility index (Phi) is 6.01. The molecule has 0 aliphatic carbocycles. The molecule has 2 aromatic carbocycles. The van der Waals surface area contributed by atoms with Gasteiger partial charge >= 0.3 is 0 Å². The smallest absolute Gasteiger partial charge is 0.266 e. The number of thioether (sulfide) groups is 1. The lowest BCUT2D eigenvalue weighted by atomic mass is 10.1. The van der Waals surface area contributed by atoms with Gasteiger partial charge in [-0.2, -0.15) is 0 Å². The number of benzene rings is 2. The van der Waals surface area contributed by atoms with E-state index in [1.54, 1.807) is 19.1 Å². The molecule has 0 N–H and O–H groups in total. The quantitative estimate of drug-likeness (QED) is 0.480. The topological polar surface area (TPSA) is 38.8 Å². The minimum atomic E-state index is -0.0992. The van der Waals surface area contributed by atoms with Gasteiger partial charge in [-0.25, -0.2) is 0 Å². The first kappa shape index (κ1) is 18.9. The van der Waals surface area contributed by atoms with Crippen LogP contribution in [0.2, 0.25) is 0 Å². The van der Waals surface area contributed by atoms with Crippen LogP contribution in [0.3, 0.4) is 0 Å². The molecular formula is C19H16BrNO3S2. The molecule has 4 nitrogen and oxygen atoms in total. The van der Waals surface area contributed by atoms with Gasteiger partial charge in [0.25, 0.3) is 5.91 Å². The molecule has 1 amide bonds. The summed E-state index contributed by atoms with van der Waals surface area (Å²) in [4.78, 5) is 15.0. The Labute approximate surface area is 170 Å². The average molecular weight is 450 g/mol. The average Bonchev–Trinajstić information content (AvgIpc) is 2.90. The molecule has 0 aromatic heterocycles. The number of carbonyl (C=O) groups is 1. The van der Waals surface area contributed by atoms with Gasteiger partial charge in [-0.1, -0.05) is 52.0 Å². The van der Waals surface area contributed by atoms with E-state index in [4.69, 9.17) is 21.7 Å². The summed E-state index contributed by atoms with van der Waals surface area (Å²) in [5, 5.41) is 0. The summed E-state index contributed by atoms with van der Waals surface area (Å²) in [6.07, 6.45) is 1.82. The van der Waals surface area contributed by atoms with E-state index >= 15 is 0 Å². The monoisotopic (exact) mass is 449 g/mol. The Balaban J connectivity index is 1.83. The van der Waals surface area contributed by atoms with Gasteiger partial charge < -0.3 is 9.47 Å². The standard InChI is InChI=1S/C19H16BrNO3S2/c1-23-15-6-3-12(4-7-15)11-21-18(22)17(26-19(21)25)10-13-9-14(20)5-8-16(13)24-2/h3-10H,11H2,1-2H3/b17-10+. The molecule has 2 aromatic rings. The summed E-state index contributed by atoms with van der Waals surface area (Å²) in [5.41, 5.74) is 1.82. The summed E-state index contributed by atoms with van der Waals surface area (Å²) in [5.74, 6) is 1.38. The maximum absolute atomic E-state index is 12.8. The van der Waals surface area contributed by atoms with E-state index in [-0.39, 0.29) is 5.91 Å². The lowest BCUT2D eigenvalue weighted by Gasteiger charge is -2.14. The van der Waals surface area contributed by atoms with Gasteiger partial charge in [-0.15, -0.1) is 0 Å². The van der Waals surface area contributed by atoms with Crippen molar-refractivity contribution in [3.63, 3.8) is 0 Å². The van der Waals surface area contributed by atoms with E-state index in [0.29, 0.717) is 21.5 Å². The first-order chi connectivity index (χ1) is 12.5. The Morgan fingerprint density at radius 3 is 2.54 bits per heavy atom. The van der Waals surface area contributed by atoms with Gasteiger partial charge in [0.2, 0.25) is 0 Å². The molecule has 0 bridgehead atoms. The van der Waals surface area contributed by atoms with Crippen molar-refractivity contribution >= 4 is 56.2 Å². The van der Waals surface area contributed by atoms with E-state index in [9.17, 15) is 4.79 Å². The third kappa shape index (κ3) is 4.11. The molecule has 0 saturated carbocycles. The molecule has 1 fully saturated rings. The number of halogens is 1. The fraction of sp³-hybridized carbons (Fsp3) is 0.158. The number of rotatable bonds is 5. The van der Waals surface area contributed by atoms with Crippen LogP contribution < -0.4 is 9.47 Å². The molecule has 1 saturated heterocycles. The molecule has 0 radical (unpaired) electrons. The SMILES string of the molecule is COc1ccc(CN2C(=O)/C(=C\c3cc(Br)ccc3OC)SC2=S)cc1. The van der Waals surface area contributed by atoms with Crippen LogP contribution in [0.4, 0.5) is 0 Å². The molecule has 1 aliphatic heterocycles. The van der Waals surface area contributed by atoms with Crippen molar-refractivity contribution in [3.05, 3.63) is 63.0 Å². The summed E-state index contributed by atoms with van der Waals surface area (Å²) in [6, 6.07) is 13.3. The van der Waals surface area contributed by atoms with Crippen molar-refractivity contribution in [1.82, 2.24) is 4.90 Å². The summed E-state index contributed by atoms with van der Waals surface area (Å²) >= 11 is 10.2. The highest BCUT2D eigenvalue weighted by Gasteiger charge is 2.32. The number of hydrogen-bond donors (Lipinski definition) is 0. The highest BCUT2D eigenvalue weighted by atomic mass is 79.9. The molecule has 0 atom stereocenters. The molecule has 7 heteroatoms. The van der Waals surface area contributed by atoms with Gasteiger partial charge in [0.15, 0.2) is 0 Å². The molecule has 0 unspecified atom stereocenters. The van der Waals surface area contributed by atoms with Crippen molar-refractivity contribution in [3.8, 4) is 11.5 Å². The maximum Gasteiger partial charge on any atom is 0.266 e. The summed E-state index contributed by atoms with van der Waals surface area (Å²) in [6.45, 7) is 0.432. The van der Waals surface area contributed by atoms with Gasteiger partial charge in [0.05, 0.1) is 25.7 Å². The van der Waals surface area contributed by atoms with Crippen molar-refractivity contribution in [2.75, 3.05) is 14.2 Å². The summed E-state index contributed by atoms with van der Waals surface area (Å²) in [7, 11) is 3.23. The van der Waals surface area contributed by atoms with Gasteiger partial charge in [-0.3, -0.25) is 9.69 Å². The van der Waals surface area contributed by atoms with Crippen molar-refractivity contribution in [2.45, 2.75) is 6.54 Å². The Bertz CT molecular complexity index is 881. The molecule has 26 heavy (non-hydrogen) atoms. The van der Waals surface area contributed by atoms with Crippen LogP contribution in [0, 0.1) is 0 Å². The Morgan fingerprint density at radius 2 is 1.88 bits per heavy atom. The third-order valence-corrected chi connectivity index (χ3v) is 5.72. The van der Waals surface area contributed by atoms with Crippen molar-refractivity contribution in [2.24, 2.45) is 0 Å². The van der Waals surface area contributed by atoms with Crippen LogP contribution in [-0.2, 0) is 11.3 Å². The van der Waals surface area contributed by atoms with E-state index < -0.39 is 0 Å². The normalized spacial score (nSPS) is 15.7. The van der Waals surface area contributed by atoms with Gasteiger partial charge in [0, 0.05) is 10.0 Å². The minimum absolute atomic E-state index is 0.0992. The maximum atomic E-state index is 12.8. The van der Waals surface area contributed by atoms with Crippen LogP contribution in [0.15, 0.2) is 51.8 Å². The zero-order valence-electron chi connectivity index (χ0n) is 14.2. The molecule has 1 aliphatic rings. The van der Waals surface area contributed by atoms with Crippen molar-refractivity contribution in [1.29, 1.82) is 0 Å². The Hall–Kier alpha value is -1.83. The van der Waals surface area contributed by atoms with E-state index in [1.807, 2.05) is 48.5 Å². The predicted molar refractivity (Wildman–Crippen MR) is 112 cm³/mol. The molecule has 0 spiro atoms. The second-order valence-corrected chi connectivity index (χ2v) is 8.09. The predicted octanol–water partition coefficient (Wildman–Crippen LogP) is 4.87. The highest BCUT2D eigenvalue weighted by Crippen LogP contribution is 2.35. The number of amides is 1. The van der Waals surface area contributed by atoms with E-state index in [0.717, 1.165) is 21.3 Å². The second kappa shape index (κ2) is 8.24. The third-order valence-electron chi connectivity index (χ3n) is 3.85. The van der Waals surface area contributed by atoms with Crippen LogP contribution >= 0.6 is 39.9 Å². The van der Waals surface area contributed by atoms with Crippen LogP contribution in [0.5, 0.6) is 11.5 Å². The van der Waals surface area contributed by atoms with Crippen molar-refractivity contribution < 1.29 is 14.3 Å². The number of hydrogen-bond acceptors (Lipinski definition) is 5. The number of thiocarbonyl (C=S) groups is 1. The number of nitrogens with zero attached hydrogens (tertiary/aromatic N) is 1. The first-order valence-corrected chi connectivity index (χ1v) is 9.75.